The van der Waals surface area contributed by atoms with Gasteiger partial charge in [0.2, 0.25) is 5.91 Å². The van der Waals surface area contributed by atoms with Crippen LogP contribution in [0.3, 0.4) is 0 Å². The van der Waals surface area contributed by atoms with Crippen molar-refractivity contribution in [2.45, 2.75) is 45.6 Å². The number of nitrogens with zero attached hydrogens (tertiary/aromatic N) is 1. The second kappa shape index (κ2) is 6.14. The van der Waals surface area contributed by atoms with Gasteiger partial charge in [0.1, 0.15) is 5.69 Å². The van der Waals surface area contributed by atoms with E-state index in [9.17, 15) is 9.59 Å². The van der Waals surface area contributed by atoms with Crippen LogP contribution in [0.2, 0.25) is 0 Å². The molecule has 1 aliphatic rings. The van der Waals surface area contributed by atoms with Gasteiger partial charge in [-0.05, 0) is 18.8 Å². The minimum Gasteiger partial charge on any atom is -0.348 e. The van der Waals surface area contributed by atoms with Crippen molar-refractivity contribution in [1.29, 1.82) is 0 Å². The van der Waals surface area contributed by atoms with Crippen LogP contribution in [-0.2, 0) is 4.79 Å². The van der Waals surface area contributed by atoms with Gasteiger partial charge in [-0.1, -0.05) is 19.8 Å². The molecule has 1 aromatic heterocycles. The van der Waals surface area contributed by atoms with E-state index in [1.165, 1.54) is 31.1 Å². The summed E-state index contributed by atoms with van der Waals surface area (Å²) in [6.45, 7) is 3.64. The van der Waals surface area contributed by atoms with E-state index < -0.39 is 0 Å². The van der Waals surface area contributed by atoms with E-state index in [1.54, 1.807) is 5.38 Å². The molecule has 5 nitrogen and oxygen atoms in total. The third-order valence-electron chi connectivity index (χ3n) is 3.29. The van der Waals surface area contributed by atoms with Crippen molar-refractivity contribution in [2.24, 2.45) is 5.92 Å². The Bertz CT molecular complexity index is 472. The highest BCUT2D eigenvalue weighted by molar-refractivity contribution is 7.14. The van der Waals surface area contributed by atoms with Crippen LogP contribution < -0.4 is 10.6 Å². The van der Waals surface area contributed by atoms with E-state index in [2.05, 4.69) is 22.5 Å². The van der Waals surface area contributed by atoms with Gasteiger partial charge in [-0.15, -0.1) is 11.3 Å². The van der Waals surface area contributed by atoms with Gasteiger partial charge in [0.15, 0.2) is 5.13 Å². The third kappa shape index (κ3) is 4.02. The maximum atomic E-state index is 12.0. The first-order valence-electron chi connectivity index (χ1n) is 6.58. The van der Waals surface area contributed by atoms with Gasteiger partial charge in [0.05, 0.1) is 0 Å². The molecule has 0 aromatic carbocycles. The molecule has 0 saturated heterocycles. The van der Waals surface area contributed by atoms with Gasteiger partial charge in [-0.3, -0.25) is 9.59 Å². The monoisotopic (exact) mass is 281 g/mol. The average molecular weight is 281 g/mol. The largest absolute Gasteiger partial charge is 0.348 e. The van der Waals surface area contributed by atoms with Gasteiger partial charge in [0, 0.05) is 18.3 Å². The topological polar surface area (TPSA) is 71.1 Å². The fraction of sp³-hybridized carbons (Fsp3) is 0.615. The molecule has 1 fully saturated rings. The van der Waals surface area contributed by atoms with Crippen LogP contribution in [0, 0.1) is 5.92 Å². The van der Waals surface area contributed by atoms with Crippen LogP contribution in [0.15, 0.2) is 5.38 Å². The van der Waals surface area contributed by atoms with E-state index in [0.29, 0.717) is 16.7 Å². The van der Waals surface area contributed by atoms with Gasteiger partial charge in [-0.2, -0.15) is 0 Å². The lowest BCUT2D eigenvalue weighted by Crippen LogP contribution is -2.38. The maximum Gasteiger partial charge on any atom is 0.271 e. The zero-order valence-electron chi connectivity index (χ0n) is 11.2. The summed E-state index contributed by atoms with van der Waals surface area (Å²) in [7, 11) is 0. The molecule has 1 heterocycles. The van der Waals surface area contributed by atoms with E-state index in [0.717, 1.165) is 12.8 Å². The second-order valence-electron chi connectivity index (χ2n) is 5.16. The molecule has 104 valence electrons. The van der Waals surface area contributed by atoms with E-state index in [1.807, 2.05) is 0 Å². The lowest BCUT2D eigenvalue weighted by Gasteiger charge is -2.27. The van der Waals surface area contributed by atoms with Gasteiger partial charge >= 0.3 is 0 Å². The number of thiazole rings is 1. The minimum atomic E-state index is -0.178. The van der Waals surface area contributed by atoms with Crippen molar-refractivity contribution in [3.05, 3.63) is 11.1 Å². The van der Waals surface area contributed by atoms with E-state index in [-0.39, 0.29) is 17.9 Å². The predicted molar refractivity (Wildman–Crippen MR) is 75.3 cm³/mol. The first-order chi connectivity index (χ1) is 9.04. The molecule has 2 amide bonds. The Hall–Kier alpha value is -1.43. The summed E-state index contributed by atoms with van der Waals surface area (Å²) in [6.07, 6.45) is 4.49. The van der Waals surface area contributed by atoms with Crippen molar-refractivity contribution >= 4 is 28.3 Å². The molecule has 6 heteroatoms. The molecule has 1 aliphatic carbocycles. The quantitative estimate of drug-likeness (QED) is 0.893. The summed E-state index contributed by atoms with van der Waals surface area (Å²) in [6, 6.07) is 0.252. The highest BCUT2D eigenvalue weighted by atomic mass is 32.1. The summed E-state index contributed by atoms with van der Waals surface area (Å²) < 4.78 is 0. The van der Waals surface area contributed by atoms with Gasteiger partial charge in [0.25, 0.3) is 5.91 Å². The predicted octanol–water partition coefficient (Wildman–Crippen LogP) is 2.41. The molecule has 0 aliphatic heterocycles. The number of nitrogens with one attached hydrogen (secondary N) is 2. The lowest BCUT2D eigenvalue weighted by molar-refractivity contribution is -0.114. The first kappa shape index (κ1) is 14.0. The van der Waals surface area contributed by atoms with Crippen LogP contribution in [0.25, 0.3) is 0 Å². The summed E-state index contributed by atoms with van der Waals surface area (Å²) in [4.78, 5) is 27.0. The summed E-state index contributed by atoms with van der Waals surface area (Å²) >= 11 is 1.26. The number of hydrogen-bond acceptors (Lipinski definition) is 4. The molecule has 1 aromatic rings. The normalized spacial score (nSPS) is 22.8. The molecule has 0 bridgehead atoms. The Kier molecular flexibility index (Phi) is 4.52. The van der Waals surface area contributed by atoms with Crippen molar-refractivity contribution in [3.63, 3.8) is 0 Å². The standard InChI is InChI=1S/C13H19N3O2S/c1-8-4-3-5-10(6-8)15-12(18)11-7-19-13(16-11)14-9(2)17/h7-8,10H,3-6H2,1-2H3,(H,15,18)(H,14,16,17)/t8-,10-/m0/s1. The van der Waals surface area contributed by atoms with Gasteiger partial charge < -0.3 is 10.6 Å². The van der Waals surface area contributed by atoms with Gasteiger partial charge in [-0.25, -0.2) is 4.98 Å². The SMILES string of the molecule is CC(=O)Nc1nc(C(=O)N[C@H]2CCC[C@H](C)C2)cs1. The van der Waals surface area contributed by atoms with Crippen molar-refractivity contribution in [1.82, 2.24) is 10.3 Å². The number of anilines is 1. The molecule has 0 radical (unpaired) electrons. The fourth-order valence-electron chi connectivity index (χ4n) is 2.41. The molecule has 0 unspecified atom stereocenters. The molecular weight excluding hydrogens is 262 g/mol. The highest BCUT2D eigenvalue weighted by Gasteiger charge is 2.21. The van der Waals surface area contributed by atoms with Crippen molar-refractivity contribution < 1.29 is 9.59 Å². The average Bonchev–Trinajstić information content (AvgIpc) is 2.76. The number of carbonyl (C=O) groups is 2. The number of carbonyl (C=O) groups excluding carboxylic acids is 2. The Morgan fingerprint density at radius 1 is 1.42 bits per heavy atom. The highest BCUT2D eigenvalue weighted by Crippen LogP contribution is 2.24. The Morgan fingerprint density at radius 2 is 2.21 bits per heavy atom. The van der Waals surface area contributed by atoms with Crippen LogP contribution in [0.1, 0.15) is 50.0 Å². The zero-order chi connectivity index (χ0) is 13.8. The minimum absolute atomic E-state index is 0.146. The number of hydrogen-bond donors (Lipinski definition) is 2. The van der Waals surface area contributed by atoms with Crippen LogP contribution >= 0.6 is 11.3 Å². The molecular formula is C13H19N3O2S. The molecule has 0 spiro atoms. The Morgan fingerprint density at radius 3 is 2.89 bits per heavy atom. The molecule has 2 N–H and O–H groups in total. The zero-order valence-corrected chi connectivity index (χ0v) is 12.0. The van der Waals surface area contributed by atoms with Crippen molar-refractivity contribution in [2.75, 3.05) is 5.32 Å². The number of rotatable bonds is 3. The van der Waals surface area contributed by atoms with Crippen LogP contribution in [0.5, 0.6) is 0 Å². The molecule has 2 rings (SSSR count). The smallest absolute Gasteiger partial charge is 0.271 e. The molecule has 19 heavy (non-hydrogen) atoms. The van der Waals surface area contributed by atoms with Crippen LogP contribution in [-0.4, -0.2) is 22.8 Å². The number of amides is 2. The van der Waals surface area contributed by atoms with Crippen LogP contribution in [0.4, 0.5) is 5.13 Å². The summed E-state index contributed by atoms with van der Waals surface area (Å²) in [5.74, 6) is 0.346. The number of aromatic nitrogens is 1. The molecule has 2 atom stereocenters. The lowest BCUT2D eigenvalue weighted by atomic mass is 9.87. The second-order valence-corrected chi connectivity index (χ2v) is 6.02. The Balaban J connectivity index is 1.92. The first-order valence-corrected chi connectivity index (χ1v) is 7.46. The summed E-state index contributed by atoms with van der Waals surface area (Å²) in [5, 5.41) is 7.74. The fourth-order valence-corrected chi connectivity index (χ4v) is 3.15. The van der Waals surface area contributed by atoms with E-state index in [4.69, 9.17) is 0 Å². The third-order valence-corrected chi connectivity index (χ3v) is 4.05. The van der Waals surface area contributed by atoms with E-state index >= 15 is 0 Å². The van der Waals surface area contributed by atoms with Crippen molar-refractivity contribution in [3.8, 4) is 0 Å². The maximum absolute atomic E-state index is 12.0. The Labute approximate surface area is 116 Å². The summed E-state index contributed by atoms with van der Waals surface area (Å²) in [5.41, 5.74) is 0.381. The molecule has 1 saturated carbocycles.